The van der Waals surface area contributed by atoms with Crippen LogP contribution < -0.4 is 26.2 Å². The molecule has 4 nitrogen and oxygen atoms in total. The molecule has 0 saturated carbocycles. The van der Waals surface area contributed by atoms with E-state index in [1.54, 1.807) is 0 Å². The third-order valence-corrected chi connectivity index (χ3v) is 13.8. The van der Waals surface area contributed by atoms with E-state index in [-0.39, 0.29) is 17.5 Å². The van der Waals surface area contributed by atoms with Crippen molar-refractivity contribution in [2.24, 2.45) is 0 Å². The largest absolute Gasteiger partial charge is 0.325 e. The van der Waals surface area contributed by atoms with Crippen molar-refractivity contribution < 1.29 is 0 Å². The maximum Gasteiger partial charge on any atom is 0.241 e. The molecule has 7 aromatic carbocycles. The normalized spacial score (nSPS) is 13.4. The SMILES string of the molecule is CC1=C(C)N(c2cc(C(C)(C)c3ccccc3)cc(C(C)(C)c3ccccc3)c2)CN1c1cccc(B(c2ccccc2)c2ccc3c4ccccc4n(-c4ccccn4)c3c2)c1. The van der Waals surface area contributed by atoms with Crippen LogP contribution in [-0.4, -0.2) is 22.9 Å². The fourth-order valence-corrected chi connectivity index (χ4v) is 9.82. The lowest BCUT2D eigenvalue weighted by Crippen LogP contribution is -2.52. The quantitative estimate of drug-likeness (QED) is 0.129. The molecule has 0 atom stereocenters. The van der Waals surface area contributed by atoms with Gasteiger partial charge in [-0.3, -0.25) is 4.57 Å². The number of aromatic nitrogens is 2. The summed E-state index contributed by atoms with van der Waals surface area (Å²) in [6, 6.07) is 71.2. The van der Waals surface area contributed by atoms with Crippen molar-refractivity contribution in [3.63, 3.8) is 0 Å². The van der Waals surface area contributed by atoms with Crippen molar-refractivity contribution in [2.75, 3.05) is 16.5 Å². The predicted molar refractivity (Wildman–Crippen MR) is 268 cm³/mol. The second kappa shape index (κ2) is 16.0. The highest BCUT2D eigenvalue weighted by Gasteiger charge is 2.33. The van der Waals surface area contributed by atoms with Crippen LogP contribution in [0.2, 0.25) is 0 Å². The predicted octanol–water partition coefficient (Wildman–Crippen LogP) is 11.9. The van der Waals surface area contributed by atoms with Crippen molar-refractivity contribution >= 4 is 56.3 Å². The number of anilines is 2. The number of hydrogen-bond donors (Lipinski definition) is 0. The minimum Gasteiger partial charge on any atom is -0.325 e. The fraction of sp³-hybridized carbons (Fsp3) is 0.155. The van der Waals surface area contributed by atoms with Crippen LogP contribution in [0.15, 0.2) is 212 Å². The number of para-hydroxylation sites is 1. The Bertz CT molecular complexity index is 3050. The van der Waals surface area contributed by atoms with Gasteiger partial charge in [-0.2, -0.15) is 0 Å². The van der Waals surface area contributed by atoms with Gasteiger partial charge in [-0.1, -0.05) is 190 Å². The summed E-state index contributed by atoms with van der Waals surface area (Å²) < 4.78 is 2.31. The first kappa shape index (κ1) is 40.0. The molecule has 0 fully saturated rings. The Labute approximate surface area is 372 Å². The molecule has 9 aromatic rings. The average molecular weight is 817 g/mol. The van der Waals surface area contributed by atoms with Crippen LogP contribution in [0.4, 0.5) is 11.4 Å². The first-order valence-electron chi connectivity index (χ1n) is 22.2. The lowest BCUT2D eigenvalue weighted by atomic mass is 9.37. The number of hydrogen-bond acceptors (Lipinski definition) is 3. The average Bonchev–Trinajstić information content (AvgIpc) is 3.82. The Morgan fingerprint density at radius 1 is 0.429 bits per heavy atom. The Hall–Kier alpha value is -7.11. The Balaban J connectivity index is 1.06. The van der Waals surface area contributed by atoms with Gasteiger partial charge >= 0.3 is 0 Å². The molecule has 5 heteroatoms. The molecule has 308 valence electrons. The van der Waals surface area contributed by atoms with E-state index in [1.807, 2.05) is 12.3 Å². The molecule has 0 spiro atoms. The van der Waals surface area contributed by atoms with Gasteiger partial charge in [0.15, 0.2) is 0 Å². The molecule has 0 amide bonds. The molecule has 63 heavy (non-hydrogen) atoms. The molecule has 1 aliphatic heterocycles. The number of allylic oxidation sites excluding steroid dienone is 2. The first-order valence-corrected chi connectivity index (χ1v) is 22.2. The van der Waals surface area contributed by atoms with Crippen molar-refractivity contribution in [1.29, 1.82) is 0 Å². The molecule has 0 radical (unpaired) electrons. The molecule has 1 aliphatic rings. The Morgan fingerprint density at radius 3 is 1.60 bits per heavy atom. The molecule has 0 unspecified atom stereocenters. The fourth-order valence-electron chi connectivity index (χ4n) is 9.82. The van der Waals surface area contributed by atoms with Gasteiger partial charge < -0.3 is 9.80 Å². The zero-order chi connectivity index (χ0) is 43.3. The van der Waals surface area contributed by atoms with E-state index in [0.717, 1.165) is 16.9 Å². The monoisotopic (exact) mass is 816 g/mol. The van der Waals surface area contributed by atoms with Crippen molar-refractivity contribution in [2.45, 2.75) is 52.4 Å². The van der Waals surface area contributed by atoms with Crippen LogP contribution in [0, 0.1) is 0 Å². The maximum absolute atomic E-state index is 4.82. The van der Waals surface area contributed by atoms with Gasteiger partial charge in [-0.25, -0.2) is 4.98 Å². The number of rotatable bonds is 10. The molecule has 0 bridgehead atoms. The Morgan fingerprint density at radius 2 is 0.968 bits per heavy atom. The van der Waals surface area contributed by atoms with E-state index in [4.69, 9.17) is 4.98 Å². The second-order valence-electron chi connectivity index (χ2n) is 18.2. The van der Waals surface area contributed by atoms with E-state index >= 15 is 0 Å². The molecule has 0 N–H and O–H groups in total. The summed E-state index contributed by atoms with van der Waals surface area (Å²) in [6.45, 7) is 14.7. The van der Waals surface area contributed by atoms with Crippen LogP contribution in [0.25, 0.3) is 27.6 Å². The highest BCUT2D eigenvalue weighted by atomic mass is 15.4. The third-order valence-electron chi connectivity index (χ3n) is 13.8. The topological polar surface area (TPSA) is 24.3 Å². The highest BCUT2D eigenvalue weighted by Crippen LogP contribution is 2.42. The summed E-state index contributed by atoms with van der Waals surface area (Å²) in [5, 5.41) is 2.45. The number of fused-ring (bicyclic) bond motifs is 3. The molecule has 0 aliphatic carbocycles. The van der Waals surface area contributed by atoms with E-state index in [2.05, 4.69) is 244 Å². The second-order valence-corrected chi connectivity index (χ2v) is 18.2. The van der Waals surface area contributed by atoms with Crippen molar-refractivity contribution in [3.8, 4) is 5.82 Å². The van der Waals surface area contributed by atoms with Crippen LogP contribution >= 0.6 is 0 Å². The zero-order valence-electron chi connectivity index (χ0n) is 37.1. The van der Waals surface area contributed by atoms with Gasteiger partial charge in [0.2, 0.25) is 6.71 Å². The summed E-state index contributed by atoms with van der Waals surface area (Å²) in [6.07, 6.45) is 1.88. The van der Waals surface area contributed by atoms with Gasteiger partial charge in [-0.15, -0.1) is 0 Å². The number of nitrogens with zero attached hydrogens (tertiary/aromatic N) is 4. The van der Waals surface area contributed by atoms with E-state index in [0.29, 0.717) is 6.67 Å². The highest BCUT2D eigenvalue weighted by molar-refractivity contribution is 6.95. The van der Waals surface area contributed by atoms with Crippen LogP contribution in [0.5, 0.6) is 0 Å². The molecule has 0 saturated heterocycles. The molecule has 3 heterocycles. The van der Waals surface area contributed by atoms with Gasteiger partial charge in [-0.05, 0) is 84.6 Å². The summed E-state index contributed by atoms with van der Waals surface area (Å²) >= 11 is 0. The third kappa shape index (κ3) is 7.12. The maximum atomic E-state index is 4.82. The van der Waals surface area contributed by atoms with Crippen LogP contribution in [0.3, 0.4) is 0 Å². The standard InChI is InChI=1S/C58H53BN4/c1-41-42(2)62(51-36-45(57(3,4)43-21-10-7-11-22-43)35-46(37-51)58(5,6)44-23-12-8-13-24-44)40-61(41)50-28-20-27-48(38-50)59(47-25-14-9-15-26-47)49-32-33-53-52-29-16-17-30-54(52)63(55(53)39-49)56-31-18-19-34-60-56/h7-39H,40H2,1-6H3. The lowest BCUT2D eigenvalue weighted by Gasteiger charge is -2.33. The zero-order valence-corrected chi connectivity index (χ0v) is 37.1. The van der Waals surface area contributed by atoms with Gasteiger partial charge in [0, 0.05) is 50.6 Å². The minimum absolute atomic E-state index is 0.00880. The molecular formula is C58H53BN4. The number of benzene rings is 7. The van der Waals surface area contributed by atoms with Gasteiger partial charge in [0.1, 0.15) is 5.82 Å². The smallest absolute Gasteiger partial charge is 0.241 e. The Kier molecular flexibility index (Phi) is 10.1. The first-order chi connectivity index (χ1) is 30.6. The van der Waals surface area contributed by atoms with E-state index < -0.39 is 0 Å². The summed E-state index contributed by atoms with van der Waals surface area (Å²) in [7, 11) is 0. The molecular weight excluding hydrogens is 763 g/mol. The summed E-state index contributed by atoms with van der Waals surface area (Å²) in [5.41, 5.74) is 15.8. The lowest BCUT2D eigenvalue weighted by molar-refractivity contribution is 0.617. The molecule has 2 aromatic heterocycles. The summed E-state index contributed by atoms with van der Waals surface area (Å²) in [4.78, 5) is 9.82. The van der Waals surface area contributed by atoms with Gasteiger partial charge in [0.05, 0.1) is 17.7 Å². The minimum atomic E-state index is -0.208. The van der Waals surface area contributed by atoms with E-state index in [9.17, 15) is 0 Å². The van der Waals surface area contributed by atoms with Crippen molar-refractivity contribution in [1.82, 2.24) is 9.55 Å². The summed E-state index contributed by atoms with van der Waals surface area (Å²) in [5.74, 6) is 0.917. The number of pyridine rings is 1. The van der Waals surface area contributed by atoms with Crippen LogP contribution in [0.1, 0.15) is 63.8 Å². The van der Waals surface area contributed by atoms with Gasteiger partial charge in [0.25, 0.3) is 0 Å². The molecule has 10 rings (SSSR count). The van der Waals surface area contributed by atoms with E-state index in [1.165, 1.54) is 72.2 Å². The van der Waals surface area contributed by atoms with Crippen molar-refractivity contribution in [3.05, 3.63) is 234 Å². The van der Waals surface area contributed by atoms with Crippen LogP contribution in [-0.2, 0) is 10.8 Å².